The molecule has 0 aromatic carbocycles. The molecule has 2 aliphatic carbocycles. The van der Waals surface area contributed by atoms with E-state index < -0.39 is 23.5 Å². The van der Waals surface area contributed by atoms with E-state index in [0.29, 0.717) is 0 Å². The standard InChI is InChI=1S/2C30H62P.4ClH.Co/c2*1-4-7-10-13-16-22-27-31(30-25-20-19-21-26-30,28-23-17-14-11-8-5-2)29-24-18-15-12-9-6-3;;;;;/h2*30H,4-29H2,1-3H3;4*1H;/q2*+1;;;;;+2/p-4. The second-order valence-corrected chi connectivity index (χ2v) is 41.6. The van der Waals surface area contributed by atoms with Crippen LogP contribution in [0.2, 0.25) is 0 Å². The maximum atomic E-state index is 4.94. The van der Waals surface area contributed by atoms with Crippen LogP contribution in [0.15, 0.2) is 0 Å². The molecule has 0 aromatic rings. The van der Waals surface area contributed by atoms with E-state index in [0.717, 1.165) is 0 Å². The second-order valence-electron chi connectivity index (χ2n) is 22.3. The normalized spacial score (nSPS) is 15.6. The van der Waals surface area contributed by atoms with Crippen LogP contribution in [0.1, 0.15) is 337 Å². The van der Waals surface area contributed by atoms with E-state index in [9.17, 15) is 0 Å². The van der Waals surface area contributed by atoms with E-state index in [1.54, 1.807) is 127 Å². The first-order chi connectivity index (χ1) is 32.6. The van der Waals surface area contributed by atoms with Gasteiger partial charge in [0.15, 0.2) is 0 Å². The molecular formula is C60H124Cl4CoP2. The van der Waals surface area contributed by atoms with E-state index in [4.69, 9.17) is 40.6 Å². The Morgan fingerprint density at radius 1 is 0.254 bits per heavy atom. The first-order valence-corrected chi connectivity index (χ1v) is 41.4. The Morgan fingerprint density at radius 2 is 0.403 bits per heavy atom. The van der Waals surface area contributed by atoms with Crippen molar-refractivity contribution in [1.82, 2.24) is 0 Å². The van der Waals surface area contributed by atoms with Gasteiger partial charge < -0.3 is 0 Å². The molecule has 0 heterocycles. The molecule has 2 fully saturated rings. The zero-order valence-corrected chi connectivity index (χ0v) is 52.5. The van der Waals surface area contributed by atoms with Gasteiger partial charge in [0.05, 0.1) is 48.3 Å². The number of rotatable bonds is 44. The fraction of sp³-hybridized carbons (Fsp3) is 1.00. The van der Waals surface area contributed by atoms with Crippen LogP contribution in [0, 0.1) is 0 Å². The second kappa shape index (κ2) is 50.7. The molecule has 7 heteroatoms. The van der Waals surface area contributed by atoms with Crippen LogP contribution < -0.4 is 0 Å². The summed E-state index contributed by atoms with van der Waals surface area (Å²) in [5, 5.41) is 0. The number of halogens is 4. The molecule has 0 aliphatic heterocycles. The van der Waals surface area contributed by atoms with Crippen LogP contribution in [0.4, 0.5) is 0 Å². The average Bonchev–Trinajstić information content (AvgIpc) is 3.33. The first-order valence-electron chi connectivity index (χ1n) is 30.8. The van der Waals surface area contributed by atoms with Gasteiger partial charge in [-0.3, -0.25) is 0 Å². The molecule has 0 nitrogen and oxygen atoms in total. The number of unbranched alkanes of at least 4 members (excludes halogenated alkanes) is 30. The van der Waals surface area contributed by atoms with Crippen molar-refractivity contribution in [2.45, 2.75) is 348 Å². The summed E-state index contributed by atoms with van der Waals surface area (Å²) < 4.78 is 0. The van der Waals surface area contributed by atoms with Gasteiger partial charge in [-0.2, -0.15) is 0 Å². The Kier molecular flexibility index (Phi) is 52.6. The Labute approximate surface area is 446 Å². The quantitative estimate of drug-likeness (QED) is 0.0421. The van der Waals surface area contributed by atoms with Crippen molar-refractivity contribution < 1.29 is 9.01 Å². The molecule has 411 valence electrons. The Balaban J connectivity index is 0.00000118. The average molecular weight is 1110 g/mol. The van der Waals surface area contributed by atoms with Gasteiger partial charge in [0.25, 0.3) is 0 Å². The Morgan fingerprint density at radius 3 is 0.567 bits per heavy atom. The van der Waals surface area contributed by atoms with E-state index in [1.165, 1.54) is 217 Å². The number of hydrogen-bond acceptors (Lipinski definition) is 0. The summed E-state index contributed by atoms with van der Waals surface area (Å²) in [7, 11) is 15.8. The molecule has 2 saturated carbocycles. The van der Waals surface area contributed by atoms with Gasteiger partial charge in [-0.05, 0) is 128 Å². The van der Waals surface area contributed by atoms with Crippen LogP contribution in [-0.4, -0.2) is 48.3 Å². The molecule has 0 bridgehead atoms. The molecule has 0 unspecified atom stereocenters. The molecule has 67 heavy (non-hydrogen) atoms. The summed E-state index contributed by atoms with van der Waals surface area (Å²) in [6, 6.07) is 0. The SMILES string of the molecule is CCCCCCCC[P+](CCCCCCCC)(CCCCCCCC)C1CCCCC1.CCCCCCCC[P+](CCCCCCCC)(CCCCCCCC)C1CCCCC1.[Cl][Co-2]([Cl])([Cl])[Cl]. The third-order valence-electron chi connectivity index (χ3n) is 16.4. The zero-order chi connectivity index (χ0) is 49.4. The minimum atomic E-state index is -2.49. The predicted molar refractivity (Wildman–Crippen MR) is 320 cm³/mol. The van der Waals surface area contributed by atoms with Crippen molar-refractivity contribution in [2.24, 2.45) is 0 Å². The van der Waals surface area contributed by atoms with Crippen molar-refractivity contribution >= 4 is 55.1 Å². The van der Waals surface area contributed by atoms with Crippen LogP contribution in [-0.2, 0) is 9.01 Å². The van der Waals surface area contributed by atoms with Crippen LogP contribution in [0.5, 0.6) is 0 Å². The van der Waals surface area contributed by atoms with Gasteiger partial charge in [-0.25, -0.2) is 0 Å². The van der Waals surface area contributed by atoms with Gasteiger partial charge in [0.1, 0.15) is 0 Å². The fourth-order valence-corrected chi connectivity index (χ4v) is 23.8. The molecule has 0 spiro atoms. The van der Waals surface area contributed by atoms with Crippen molar-refractivity contribution in [1.29, 1.82) is 0 Å². The fourth-order valence-electron chi connectivity index (χ4n) is 12.3. The summed E-state index contributed by atoms with van der Waals surface area (Å²) in [4.78, 5) is 0. The van der Waals surface area contributed by atoms with Gasteiger partial charge in [-0.1, -0.05) is 208 Å². The van der Waals surface area contributed by atoms with Gasteiger partial charge >= 0.3 is 49.6 Å². The van der Waals surface area contributed by atoms with E-state index in [-0.39, 0.29) is 0 Å². The molecule has 0 amide bonds. The molecule has 2 aliphatic rings. The third-order valence-corrected chi connectivity index (χ3v) is 27.8. The molecular weight excluding hydrogens is 983 g/mol. The topological polar surface area (TPSA) is 0 Å². The zero-order valence-electron chi connectivity index (χ0n) is 46.7. The summed E-state index contributed by atoms with van der Waals surface area (Å²) in [6.07, 6.45) is 79.3. The van der Waals surface area contributed by atoms with Gasteiger partial charge in [0, 0.05) is 14.5 Å². The van der Waals surface area contributed by atoms with E-state index in [1.807, 2.05) is 0 Å². The molecule has 2 rings (SSSR count). The van der Waals surface area contributed by atoms with Crippen molar-refractivity contribution in [3.8, 4) is 0 Å². The Hall–Kier alpha value is 2.53. The summed E-state index contributed by atoms with van der Waals surface area (Å²) in [6.45, 7) is 14.1. The maximum absolute atomic E-state index is 4.94. The molecule has 0 saturated heterocycles. The van der Waals surface area contributed by atoms with Crippen molar-refractivity contribution in [3.05, 3.63) is 0 Å². The summed E-state index contributed by atoms with van der Waals surface area (Å²) in [5.41, 5.74) is 2.34. The summed E-state index contributed by atoms with van der Waals surface area (Å²) in [5.74, 6) is 0. The Bertz CT molecular complexity index is 809. The van der Waals surface area contributed by atoms with Crippen LogP contribution >= 0.6 is 55.1 Å². The molecule has 0 radical (unpaired) electrons. The molecule has 0 aromatic heterocycles. The predicted octanol–water partition coefficient (Wildman–Crippen LogP) is 25.6. The van der Waals surface area contributed by atoms with Crippen LogP contribution in [0.3, 0.4) is 0 Å². The van der Waals surface area contributed by atoms with E-state index in [2.05, 4.69) is 41.5 Å². The van der Waals surface area contributed by atoms with E-state index >= 15 is 0 Å². The minimum absolute atomic E-state index is 0.738. The van der Waals surface area contributed by atoms with Gasteiger partial charge in [-0.15, -0.1) is 0 Å². The van der Waals surface area contributed by atoms with Crippen molar-refractivity contribution in [3.63, 3.8) is 0 Å². The first kappa shape index (κ1) is 69.5. The molecule has 0 N–H and O–H groups in total. The summed E-state index contributed by atoms with van der Waals surface area (Å²) >= 11 is 0. The monoisotopic (exact) mass is 1110 g/mol. The van der Waals surface area contributed by atoms with Gasteiger partial charge in [0.2, 0.25) is 0 Å². The number of hydrogen-bond donors (Lipinski definition) is 0. The van der Waals surface area contributed by atoms with Crippen molar-refractivity contribution in [2.75, 3.05) is 37.0 Å². The third kappa shape index (κ3) is 42.4. The van der Waals surface area contributed by atoms with Crippen LogP contribution in [0.25, 0.3) is 0 Å². The molecule has 0 atom stereocenters.